The highest BCUT2D eigenvalue weighted by atomic mass is 32.2. The molecule has 0 aromatic heterocycles. The van der Waals surface area contributed by atoms with Gasteiger partial charge < -0.3 is 10.5 Å². The summed E-state index contributed by atoms with van der Waals surface area (Å²) in [5, 5.41) is 0. The van der Waals surface area contributed by atoms with Crippen molar-refractivity contribution in [3.63, 3.8) is 0 Å². The molecule has 6 heteroatoms. The molecule has 1 fully saturated rings. The van der Waals surface area contributed by atoms with Crippen molar-refractivity contribution in [1.82, 2.24) is 4.31 Å². The zero-order chi connectivity index (χ0) is 15.6. The van der Waals surface area contributed by atoms with Gasteiger partial charge in [0.2, 0.25) is 10.0 Å². The van der Waals surface area contributed by atoms with E-state index in [0.29, 0.717) is 24.4 Å². The van der Waals surface area contributed by atoms with E-state index in [2.05, 4.69) is 0 Å². The second-order valence-electron chi connectivity index (χ2n) is 5.81. The van der Waals surface area contributed by atoms with E-state index < -0.39 is 10.0 Å². The molecule has 0 bridgehead atoms. The maximum atomic E-state index is 12.8. The molecule has 1 aliphatic rings. The fourth-order valence-corrected chi connectivity index (χ4v) is 4.35. The summed E-state index contributed by atoms with van der Waals surface area (Å²) in [7, 11) is -1.95. The molecule has 1 saturated heterocycles. The number of nitrogen functional groups attached to an aromatic ring is 1. The third-order valence-electron chi connectivity index (χ3n) is 4.05. The molecule has 0 spiro atoms. The number of hydrogen-bond acceptors (Lipinski definition) is 4. The first-order chi connectivity index (χ1) is 9.84. The molecule has 1 unspecified atom stereocenters. The van der Waals surface area contributed by atoms with Gasteiger partial charge in [-0.05, 0) is 43.7 Å². The van der Waals surface area contributed by atoms with Crippen LogP contribution in [0.25, 0.3) is 0 Å². The first-order valence-electron chi connectivity index (χ1n) is 7.23. The van der Waals surface area contributed by atoms with Crippen molar-refractivity contribution in [2.45, 2.75) is 31.6 Å². The molecule has 0 saturated carbocycles. The average Bonchev–Trinajstić information content (AvgIpc) is 2.44. The van der Waals surface area contributed by atoms with E-state index >= 15 is 0 Å². The van der Waals surface area contributed by atoms with Gasteiger partial charge in [-0.1, -0.05) is 12.1 Å². The number of ether oxygens (including phenoxy) is 1. The van der Waals surface area contributed by atoms with Crippen LogP contribution in [0.2, 0.25) is 0 Å². The molecule has 0 radical (unpaired) electrons. The molecule has 1 aromatic rings. The van der Waals surface area contributed by atoms with E-state index in [9.17, 15) is 8.42 Å². The van der Waals surface area contributed by atoms with Crippen LogP contribution >= 0.6 is 0 Å². The predicted octanol–water partition coefficient (Wildman–Crippen LogP) is 1.93. The lowest BCUT2D eigenvalue weighted by Crippen LogP contribution is -2.35. The van der Waals surface area contributed by atoms with Crippen LogP contribution in [0.3, 0.4) is 0 Å². The van der Waals surface area contributed by atoms with E-state index in [4.69, 9.17) is 10.5 Å². The van der Waals surface area contributed by atoms with Crippen LogP contribution in [0.15, 0.2) is 17.0 Å². The Morgan fingerprint density at radius 1 is 1.33 bits per heavy atom. The molecule has 5 nitrogen and oxygen atoms in total. The fraction of sp³-hybridized carbons (Fsp3) is 0.600. The van der Waals surface area contributed by atoms with Crippen LogP contribution in [0.4, 0.5) is 5.69 Å². The van der Waals surface area contributed by atoms with Gasteiger partial charge >= 0.3 is 0 Å². The summed E-state index contributed by atoms with van der Waals surface area (Å²) in [4.78, 5) is 0.238. The topological polar surface area (TPSA) is 72.6 Å². The highest BCUT2D eigenvalue weighted by molar-refractivity contribution is 7.89. The van der Waals surface area contributed by atoms with Crippen LogP contribution in [0.5, 0.6) is 0 Å². The number of rotatable bonds is 4. The standard InChI is InChI=1S/C15H24N2O3S/c1-11-6-7-12(2)15(14(11)16)21(18,19)17(3)9-13-5-4-8-20-10-13/h6-7,13H,4-5,8-10,16H2,1-3H3. The first-order valence-corrected chi connectivity index (χ1v) is 8.67. The molecule has 21 heavy (non-hydrogen) atoms. The van der Waals surface area contributed by atoms with E-state index in [1.165, 1.54) is 4.31 Å². The summed E-state index contributed by atoms with van der Waals surface area (Å²) in [6, 6.07) is 3.65. The van der Waals surface area contributed by atoms with E-state index in [1.54, 1.807) is 20.0 Å². The van der Waals surface area contributed by atoms with Crippen LogP contribution in [0, 0.1) is 19.8 Å². The number of nitrogens with two attached hydrogens (primary N) is 1. The van der Waals surface area contributed by atoms with Crippen molar-refractivity contribution < 1.29 is 13.2 Å². The van der Waals surface area contributed by atoms with Gasteiger partial charge in [0.15, 0.2) is 0 Å². The van der Waals surface area contributed by atoms with Crippen molar-refractivity contribution in [2.75, 3.05) is 32.5 Å². The van der Waals surface area contributed by atoms with Crippen molar-refractivity contribution in [1.29, 1.82) is 0 Å². The molecule has 2 rings (SSSR count). The number of benzene rings is 1. The largest absolute Gasteiger partial charge is 0.397 e. The summed E-state index contributed by atoms with van der Waals surface area (Å²) in [6.45, 7) is 5.47. The summed E-state index contributed by atoms with van der Waals surface area (Å²) in [6.07, 6.45) is 1.99. The Bertz CT molecular complexity index is 608. The molecular weight excluding hydrogens is 288 g/mol. The highest BCUT2D eigenvalue weighted by Crippen LogP contribution is 2.29. The SMILES string of the molecule is Cc1ccc(C)c(S(=O)(=O)N(C)CC2CCCOC2)c1N. The Hall–Kier alpha value is -1.11. The van der Waals surface area contributed by atoms with Crippen molar-refractivity contribution in [3.8, 4) is 0 Å². The third-order valence-corrected chi connectivity index (χ3v) is 6.08. The smallest absolute Gasteiger partial charge is 0.245 e. The highest BCUT2D eigenvalue weighted by Gasteiger charge is 2.28. The molecule has 1 aromatic carbocycles. The Morgan fingerprint density at radius 2 is 2.00 bits per heavy atom. The summed E-state index contributed by atoms with van der Waals surface area (Å²) >= 11 is 0. The van der Waals surface area contributed by atoms with Crippen LogP contribution in [0.1, 0.15) is 24.0 Å². The molecule has 1 aliphatic heterocycles. The van der Waals surface area contributed by atoms with Crippen LogP contribution in [-0.4, -0.2) is 39.5 Å². The predicted molar refractivity (Wildman–Crippen MR) is 83.7 cm³/mol. The Kier molecular flexibility index (Phi) is 4.91. The first kappa shape index (κ1) is 16.3. The van der Waals surface area contributed by atoms with Gasteiger partial charge in [0.1, 0.15) is 4.90 Å². The number of sulfonamides is 1. The maximum absolute atomic E-state index is 12.8. The monoisotopic (exact) mass is 312 g/mol. The van der Waals surface area contributed by atoms with Crippen molar-refractivity contribution in [2.24, 2.45) is 5.92 Å². The zero-order valence-corrected chi connectivity index (χ0v) is 13.7. The van der Waals surface area contributed by atoms with Gasteiger partial charge in [-0.2, -0.15) is 0 Å². The minimum absolute atomic E-state index is 0.238. The summed E-state index contributed by atoms with van der Waals surface area (Å²) in [5.74, 6) is 0.255. The number of anilines is 1. The Labute approximate surface area is 127 Å². The van der Waals surface area contributed by atoms with E-state index in [1.807, 2.05) is 13.0 Å². The minimum Gasteiger partial charge on any atom is -0.397 e. The second-order valence-corrected chi connectivity index (χ2v) is 7.79. The molecular formula is C15H24N2O3S. The second kappa shape index (κ2) is 6.34. The zero-order valence-electron chi connectivity index (χ0n) is 12.9. The van der Waals surface area contributed by atoms with Gasteiger partial charge in [0, 0.05) is 20.2 Å². The van der Waals surface area contributed by atoms with Gasteiger partial charge in [-0.25, -0.2) is 12.7 Å². The van der Waals surface area contributed by atoms with Gasteiger partial charge in [-0.15, -0.1) is 0 Å². The minimum atomic E-state index is -3.57. The molecule has 0 amide bonds. The number of aryl methyl sites for hydroxylation is 2. The molecule has 1 atom stereocenters. The molecule has 2 N–H and O–H groups in total. The van der Waals surface area contributed by atoms with Crippen LogP contribution < -0.4 is 5.73 Å². The normalized spacial score (nSPS) is 19.9. The van der Waals surface area contributed by atoms with Crippen molar-refractivity contribution in [3.05, 3.63) is 23.3 Å². The third kappa shape index (κ3) is 3.39. The average molecular weight is 312 g/mol. The van der Waals surface area contributed by atoms with Crippen molar-refractivity contribution >= 4 is 15.7 Å². The Balaban J connectivity index is 2.27. The Morgan fingerprint density at radius 3 is 2.62 bits per heavy atom. The maximum Gasteiger partial charge on any atom is 0.245 e. The summed E-state index contributed by atoms with van der Waals surface area (Å²) in [5.41, 5.74) is 7.83. The quantitative estimate of drug-likeness (QED) is 0.862. The molecule has 1 heterocycles. The van der Waals surface area contributed by atoms with E-state index in [0.717, 1.165) is 25.0 Å². The number of nitrogens with zero attached hydrogens (tertiary/aromatic N) is 1. The van der Waals surface area contributed by atoms with E-state index in [-0.39, 0.29) is 10.8 Å². The lowest BCUT2D eigenvalue weighted by atomic mass is 10.0. The lowest BCUT2D eigenvalue weighted by Gasteiger charge is -2.27. The number of hydrogen-bond donors (Lipinski definition) is 1. The van der Waals surface area contributed by atoms with Crippen LogP contribution in [-0.2, 0) is 14.8 Å². The summed E-state index contributed by atoms with van der Waals surface area (Å²) < 4.78 is 32.4. The molecule has 118 valence electrons. The lowest BCUT2D eigenvalue weighted by molar-refractivity contribution is 0.0495. The van der Waals surface area contributed by atoms with Gasteiger partial charge in [0.05, 0.1) is 12.3 Å². The fourth-order valence-electron chi connectivity index (χ4n) is 2.72. The van der Waals surface area contributed by atoms with Gasteiger partial charge in [0.25, 0.3) is 0 Å². The van der Waals surface area contributed by atoms with Gasteiger partial charge in [-0.3, -0.25) is 0 Å². The molecule has 0 aliphatic carbocycles.